The topological polar surface area (TPSA) is 51.6 Å². The molecule has 0 bridgehead atoms. The van der Waals surface area contributed by atoms with Gasteiger partial charge >= 0.3 is 0 Å². The highest BCUT2D eigenvalue weighted by molar-refractivity contribution is 5.76. The third kappa shape index (κ3) is 6.36. The molecular formula is C53H46N4. The maximum atomic E-state index is 5.08. The van der Waals surface area contributed by atoms with Gasteiger partial charge in [-0.15, -0.1) is 0 Å². The zero-order valence-electron chi connectivity index (χ0n) is 33.5. The summed E-state index contributed by atoms with van der Waals surface area (Å²) in [6.45, 7) is 14.3. The van der Waals surface area contributed by atoms with Crippen molar-refractivity contribution in [3.05, 3.63) is 181 Å². The molecule has 0 N–H and O–H groups in total. The van der Waals surface area contributed by atoms with Gasteiger partial charge in [-0.1, -0.05) is 181 Å². The summed E-state index contributed by atoms with van der Waals surface area (Å²) in [4.78, 5) is 20.2. The van der Waals surface area contributed by atoms with Crippen molar-refractivity contribution in [1.82, 2.24) is 19.9 Å². The Labute approximate surface area is 336 Å². The maximum absolute atomic E-state index is 5.08. The molecule has 6 aromatic carbocycles. The standard InChI is InChI=1S/C53H46N4/c1-51(2)45-29-27-41(33-46(45)52(3,4)53(51,5)6)47-30-28-44(34-54-47)37-23-25-38(26-24-37)48-55-49(42-21-13-19-39(31-42)35-15-9-7-10-16-35)57-50(56-48)43-22-14-20-40(32-43)36-17-11-8-12-18-36/h7-34H,1-6H3. The van der Waals surface area contributed by atoms with Crippen LogP contribution in [0.1, 0.15) is 52.7 Å². The number of hydrogen-bond donors (Lipinski definition) is 0. The summed E-state index contributed by atoms with van der Waals surface area (Å²) < 4.78 is 0. The van der Waals surface area contributed by atoms with Crippen LogP contribution >= 0.6 is 0 Å². The van der Waals surface area contributed by atoms with Gasteiger partial charge in [0.05, 0.1) is 5.69 Å². The molecule has 9 rings (SSSR count). The summed E-state index contributed by atoms with van der Waals surface area (Å²) in [6.07, 6.45) is 1.98. The van der Waals surface area contributed by atoms with Gasteiger partial charge in [-0.2, -0.15) is 0 Å². The Morgan fingerprint density at radius 3 is 1.26 bits per heavy atom. The van der Waals surface area contributed by atoms with Gasteiger partial charge < -0.3 is 0 Å². The Hall–Kier alpha value is -6.52. The predicted octanol–water partition coefficient (Wildman–Crippen LogP) is 13.5. The van der Waals surface area contributed by atoms with Crippen LogP contribution in [0.25, 0.3) is 78.8 Å². The van der Waals surface area contributed by atoms with Gasteiger partial charge in [0.1, 0.15) is 0 Å². The quantitative estimate of drug-likeness (QED) is 0.163. The first-order valence-corrected chi connectivity index (χ1v) is 19.8. The molecule has 278 valence electrons. The van der Waals surface area contributed by atoms with Crippen molar-refractivity contribution in [2.45, 2.75) is 52.4 Å². The van der Waals surface area contributed by atoms with Crippen molar-refractivity contribution in [2.75, 3.05) is 0 Å². The zero-order valence-corrected chi connectivity index (χ0v) is 33.5. The van der Waals surface area contributed by atoms with E-state index < -0.39 is 0 Å². The van der Waals surface area contributed by atoms with Crippen LogP contribution in [0.15, 0.2) is 170 Å². The average molecular weight is 739 g/mol. The van der Waals surface area contributed by atoms with Crippen LogP contribution < -0.4 is 0 Å². The van der Waals surface area contributed by atoms with Crippen LogP contribution in [0.5, 0.6) is 0 Å². The molecule has 0 unspecified atom stereocenters. The number of aromatic nitrogens is 4. The Balaban J connectivity index is 1.05. The van der Waals surface area contributed by atoms with Crippen molar-refractivity contribution in [2.24, 2.45) is 5.41 Å². The fourth-order valence-electron chi connectivity index (χ4n) is 8.47. The van der Waals surface area contributed by atoms with Gasteiger partial charge in [-0.05, 0) is 79.5 Å². The molecule has 0 amide bonds. The third-order valence-corrected chi connectivity index (χ3v) is 13.1. The molecule has 0 fully saturated rings. The highest BCUT2D eigenvalue weighted by Gasteiger charge is 2.56. The van der Waals surface area contributed by atoms with Gasteiger partial charge in [0.15, 0.2) is 17.5 Å². The highest BCUT2D eigenvalue weighted by atomic mass is 15.0. The Morgan fingerprint density at radius 2 is 0.737 bits per heavy atom. The van der Waals surface area contributed by atoms with Crippen LogP contribution in [-0.2, 0) is 10.8 Å². The molecule has 8 aromatic rings. The van der Waals surface area contributed by atoms with E-state index in [4.69, 9.17) is 19.9 Å². The molecule has 1 aliphatic carbocycles. The van der Waals surface area contributed by atoms with Crippen molar-refractivity contribution in [1.29, 1.82) is 0 Å². The third-order valence-electron chi connectivity index (χ3n) is 13.1. The van der Waals surface area contributed by atoms with E-state index >= 15 is 0 Å². The Bertz CT molecular complexity index is 2630. The van der Waals surface area contributed by atoms with Crippen LogP contribution in [-0.4, -0.2) is 19.9 Å². The van der Waals surface area contributed by atoms with E-state index in [1.54, 1.807) is 0 Å². The highest BCUT2D eigenvalue weighted by Crippen LogP contribution is 2.61. The van der Waals surface area contributed by atoms with E-state index in [0.717, 1.165) is 61.3 Å². The predicted molar refractivity (Wildman–Crippen MR) is 236 cm³/mol. The number of fused-ring (bicyclic) bond motifs is 1. The largest absolute Gasteiger partial charge is 0.256 e. The smallest absolute Gasteiger partial charge is 0.164 e. The normalized spacial score (nSPS) is 14.9. The van der Waals surface area contributed by atoms with E-state index in [1.807, 2.05) is 18.3 Å². The van der Waals surface area contributed by atoms with E-state index in [2.05, 4.69) is 193 Å². The summed E-state index contributed by atoms with van der Waals surface area (Å²) in [5.41, 5.74) is 14.7. The van der Waals surface area contributed by atoms with Gasteiger partial charge in [0, 0.05) is 34.0 Å². The SMILES string of the molecule is CC1(C)c2ccc(-c3ccc(-c4ccc(-c5nc(-c6cccc(-c7ccccc7)c6)nc(-c6cccc(-c7ccccc7)c6)n5)cc4)cn3)cc2C(C)(C)C1(C)C. The van der Waals surface area contributed by atoms with E-state index in [0.29, 0.717) is 17.5 Å². The van der Waals surface area contributed by atoms with Crippen molar-refractivity contribution in [3.8, 4) is 78.8 Å². The minimum atomic E-state index is 0.0436. The van der Waals surface area contributed by atoms with E-state index in [9.17, 15) is 0 Å². The van der Waals surface area contributed by atoms with E-state index in [1.165, 1.54) is 11.1 Å². The number of pyridine rings is 1. The summed E-state index contributed by atoms with van der Waals surface area (Å²) in [6, 6.07) is 57.3. The maximum Gasteiger partial charge on any atom is 0.164 e. The molecule has 0 aliphatic heterocycles. The molecule has 0 spiro atoms. The van der Waals surface area contributed by atoms with Crippen molar-refractivity contribution >= 4 is 0 Å². The lowest BCUT2D eigenvalue weighted by atomic mass is 9.59. The number of nitrogens with zero attached hydrogens (tertiary/aromatic N) is 4. The lowest BCUT2D eigenvalue weighted by molar-refractivity contribution is 0.125. The van der Waals surface area contributed by atoms with Crippen LogP contribution in [0.3, 0.4) is 0 Å². The minimum absolute atomic E-state index is 0.0436. The number of rotatable bonds is 7. The monoisotopic (exact) mass is 738 g/mol. The summed E-state index contributed by atoms with van der Waals surface area (Å²) in [7, 11) is 0. The number of benzene rings is 6. The zero-order chi connectivity index (χ0) is 39.4. The van der Waals surface area contributed by atoms with Crippen LogP contribution in [0.4, 0.5) is 0 Å². The Kier molecular flexibility index (Phi) is 8.81. The first kappa shape index (κ1) is 36.1. The fraction of sp³-hybridized carbons (Fsp3) is 0.170. The molecule has 0 saturated heterocycles. The molecule has 0 saturated carbocycles. The second-order valence-electron chi connectivity index (χ2n) is 16.8. The first-order valence-electron chi connectivity index (χ1n) is 19.8. The molecule has 2 heterocycles. The average Bonchev–Trinajstić information content (AvgIpc) is 3.37. The summed E-state index contributed by atoms with van der Waals surface area (Å²) in [5.74, 6) is 1.88. The van der Waals surface area contributed by atoms with Gasteiger partial charge in [0.2, 0.25) is 0 Å². The van der Waals surface area contributed by atoms with Crippen molar-refractivity contribution < 1.29 is 0 Å². The number of hydrogen-bond acceptors (Lipinski definition) is 4. The molecule has 0 atom stereocenters. The van der Waals surface area contributed by atoms with Crippen LogP contribution in [0.2, 0.25) is 0 Å². The lowest BCUT2D eigenvalue weighted by Gasteiger charge is -2.44. The molecular weight excluding hydrogens is 693 g/mol. The minimum Gasteiger partial charge on any atom is -0.256 e. The molecule has 4 nitrogen and oxygen atoms in total. The molecule has 4 heteroatoms. The molecule has 0 radical (unpaired) electrons. The van der Waals surface area contributed by atoms with E-state index in [-0.39, 0.29) is 16.2 Å². The lowest BCUT2D eigenvalue weighted by Crippen LogP contribution is -2.42. The van der Waals surface area contributed by atoms with Gasteiger partial charge in [0.25, 0.3) is 0 Å². The molecule has 57 heavy (non-hydrogen) atoms. The second-order valence-corrected chi connectivity index (χ2v) is 16.8. The van der Waals surface area contributed by atoms with Crippen molar-refractivity contribution in [3.63, 3.8) is 0 Å². The summed E-state index contributed by atoms with van der Waals surface area (Å²) in [5, 5.41) is 0. The van der Waals surface area contributed by atoms with Crippen LogP contribution in [0, 0.1) is 5.41 Å². The molecule has 1 aliphatic rings. The second kappa shape index (κ2) is 13.9. The first-order chi connectivity index (χ1) is 27.5. The van der Waals surface area contributed by atoms with Gasteiger partial charge in [-0.25, -0.2) is 15.0 Å². The van der Waals surface area contributed by atoms with Gasteiger partial charge in [-0.3, -0.25) is 4.98 Å². The Morgan fingerprint density at radius 1 is 0.316 bits per heavy atom. The fourth-order valence-corrected chi connectivity index (χ4v) is 8.47. The molecule has 2 aromatic heterocycles. The summed E-state index contributed by atoms with van der Waals surface area (Å²) >= 11 is 0.